The molecule has 2 aromatic rings. The Balaban J connectivity index is 1.76. The third kappa shape index (κ3) is 3.23. The highest BCUT2D eigenvalue weighted by Crippen LogP contribution is 2.37. The molecule has 140 valence electrons. The quantitative estimate of drug-likeness (QED) is 0.851. The fourth-order valence-electron chi connectivity index (χ4n) is 3.46. The molecule has 7 nitrogen and oxygen atoms in total. The van der Waals surface area contributed by atoms with Crippen LogP contribution in [0, 0.1) is 0 Å². The summed E-state index contributed by atoms with van der Waals surface area (Å²) in [5.41, 5.74) is 0.879. The van der Waals surface area contributed by atoms with Crippen molar-refractivity contribution in [1.82, 2.24) is 14.9 Å². The molecule has 1 saturated heterocycles. The Morgan fingerprint density at radius 3 is 2.42 bits per heavy atom. The zero-order chi connectivity index (χ0) is 18.3. The van der Waals surface area contributed by atoms with Gasteiger partial charge >= 0.3 is 0 Å². The highest BCUT2D eigenvalue weighted by molar-refractivity contribution is 5.93. The number of nitrogens with zero attached hydrogens (tertiary/aromatic N) is 4. The molecule has 2 heterocycles. The van der Waals surface area contributed by atoms with Crippen molar-refractivity contribution in [2.24, 2.45) is 0 Å². The number of nitrogens with one attached hydrogen (secondary N) is 1. The predicted octanol–water partition coefficient (Wildman–Crippen LogP) is 2.36. The summed E-state index contributed by atoms with van der Waals surface area (Å²) in [7, 11) is 7.56. The first-order valence-electron chi connectivity index (χ1n) is 9.20. The van der Waals surface area contributed by atoms with E-state index in [0.29, 0.717) is 23.6 Å². The normalized spacial score (nSPS) is 20.0. The lowest BCUT2D eigenvalue weighted by molar-refractivity contribution is 0.315. The number of hydrogen-bond donors (Lipinski definition) is 1. The minimum Gasteiger partial charge on any atom is -0.493 e. The Kier molecular flexibility index (Phi) is 4.48. The van der Waals surface area contributed by atoms with E-state index in [1.807, 2.05) is 12.1 Å². The third-order valence-corrected chi connectivity index (χ3v) is 5.28. The van der Waals surface area contributed by atoms with Crippen molar-refractivity contribution in [3.05, 3.63) is 12.1 Å². The highest BCUT2D eigenvalue weighted by Gasteiger charge is 2.28. The van der Waals surface area contributed by atoms with Gasteiger partial charge in [0.2, 0.25) is 5.95 Å². The van der Waals surface area contributed by atoms with Crippen LogP contribution >= 0.6 is 0 Å². The number of ether oxygens (including phenoxy) is 2. The average Bonchev–Trinajstić information content (AvgIpc) is 3.31. The van der Waals surface area contributed by atoms with Crippen LogP contribution in [0.5, 0.6) is 11.5 Å². The molecule has 1 aliphatic heterocycles. The molecule has 0 bridgehead atoms. The number of hydrogen-bond acceptors (Lipinski definition) is 7. The fourth-order valence-corrected chi connectivity index (χ4v) is 3.46. The van der Waals surface area contributed by atoms with E-state index in [1.165, 1.54) is 12.8 Å². The largest absolute Gasteiger partial charge is 0.493 e. The molecule has 0 unspecified atom stereocenters. The lowest BCUT2D eigenvalue weighted by atomic mass is 10.2. The number of rotatable bonds is 6. The minimum atomic E-state index is 0.516. The van der Waals surface area contributed by atoms with Gasteiger partial charge in [-0.3, -0.25) is 0 Å². The van der Waals surface area contributed by atoms with Gasteiger partial charge in [0.25, 0.3) is 0 Å². The van der Waals surface area contributed by atoms with Crippen LogP contribution in [0.2, 0.25) is 0 Å². The average molecular weight is 357 g/mol. The number of anilines is 2. The van der Waals surface area contributed by atoms with Gasteiger partial charge in [-0.25, -0.2) is 4.98 Å². The molecule has 7 heteroatoms. The minimum absolute atomic E-state index is 0.516. The Morgan fingerprint density at radius 1 is 1.08 bits per heavy atom. The van der Waals surface area contributed by atoms with Crippen LogP contribution < -0.4 is 19.7 Å². The van der Waals surface area contributed by atoms with E-state index in [9.17, 15) is 0 Å². The smallest absolute Gasteiger partial charge is 0.227 e. The Bertz CT molecular complexity index is 806. The SMILES string of the molecule is COc1cc2nc(N3CC[C@H](N(C)C)C3)nc(NC3CC3)c2cc1OC. The summed E-state index contributed by atoms with van der Waals surface area (Å²) in [4.78, 5) is 14.3. The Hall–Kier alpha value is -2.28. The van der Waals surface area contributed by atoms with Crippen molar-refractivity contribution in [2.45, 2.75) is 31.3 Å². The van der Waals surface area contributed by atoms with Crippen molar-refractivity contribution in [1.29, 1.82) is 0 Å². The maximum Gasteiger partial charge on any atom is 0.227 e. The van der Waals surface area contributed by atoms with Gasteiger partial charge in [-0.2, -0.15) is 4.98 Å². The molecular weight excluding hydrogens is 330 g/mol. The maximum absolute atomic E-state index is 5.47. The molecule has 1 aromatic heterocycles. The fraction of sp³-hybridized carbons (Fsp3) is 0.579. The summed E-state index contributed by atoms with van der Waals surface area (Å²) < 4.78 is 10.9. The van der Waals surface area contributed by atoms with Crippen LogP contribution in [0.15, 0.2) is 12.1 Å². The van der Waals surface area contributed by atoms with Crippen molar-refractivity contribution < 1.29 is 9.47 Å². The predicted molar refractivity (Wildman–Crippen MR) is 104 cm³/mol. The topological polar surface area (TPSA) is 62.8 Å². The molecule has 1 aliphatic carbocycles. The van der Waals surface area contributed by atoms with Crippen LogP contribution in [-0.4, -0.2) is 68.4 Å². The first kappa shape index (κ1) is 17.1. The van der Waals surface area contributed by atoms with Crippen LogP contribution in [0.3, 0.4) is 0 Å². The maximum atomic E-state index is 5.47. The van der Waals surface area contributed by atoms with Gasteiger partial charge in [0.1, 0.15) is 5.82 Å². The Labute approximate surface area is 154 Å². The summed E-state index contributed by atoms with van der Waals surface area (Å²) in [6, 6.07) is 4.97. The van der Waals surface area contributed by atoms with E-state index in [0.717, 1.165) is 42.2 Å². The lowest BCUT2D eigenvalue weighted by Gasteiger charge is -2.21. The monoisotopic (exact) mass is 357 g/mol. The van der Waals surface area contributed by atoms with Crippen LogP contribution in [0.1, 0.15) is 19.3 Å². The zero-order valence-electron chi connectivity index (χ0n) is 16.0. The van der Waals surface area contributed by atoms with Gasteiger partial charge in [0.05, 0.1) is 19.7 Å². The summed E-state index contributed by atoms with van der Waals surface area (Å²) >= 11 is 0. The Morgan fingerprint density at radius 2 is 1.81 bits per heavy atom. The van der Waals surface area contributed by atoms with Gasteiger partial charge in [-0.15, -0.1) is 0 Å². The van der Waals surface area contributed by atoms with E-state index in [1.54, 1.807) is 14.2 Å². The molecule has 0 radical (unpaired) electrons. The van der Waals surface area contributed by atoms with E-state index < -0.39 is 0 Å². The van der Waals surface area contributed by atoms with E-state index in [4.69, 9.17) is 19.4 Å². The summed E-state index contributed by atoms with van der Waals surface area (Å²) in [5, 5.41) is 4.53. The molecule has 2 aliphatic rings. The summed E-state index contributed by atoms with van der Waals surface area (Å²) in [6.45, 7) is 1.93. The summed E-state index contributed by atoms with van der Waals surface area (Å²) in [6.07, 6.45) is 3.52. The molecule has 0 spiro atoms. The molecule has 26 heavy (non-hydrogen) atoms. The zero-order valence-corrected chi connectivity index (χ0v) is 16.0. The second kappa shape index (κ2) is 6.79. The third-order valence-electron chi connectivity index (χ3n) is 5.28. The molecule has 1 saturated carbocycles. The van der Waals surface area contributed by atoms with Crippen LogP contribution in [0.4, 0.5) is 11.8 Å². The van der Waals surface area contributed by atoms with E-state index in [-0.39, 0.29) is 0 Å². The number of aromatic nitrogens is 2. The lowest BCUT2D eigenvalue weighted by Crippen LogP contribution is -2.32. The number of fused-ring (bicyclic) bond motifs is 1. The number of benzene rings is 1. The van der Waals surface area contributed by atoms with Crippen LogP contribution in [0.25, 0.3) is 10.9 Å². The molecule has 1 N–H and O–H groups in total. The number of likely N-dealkylation sites (N-methyl/N-ethyl adjacent to an activating group) is 1. The van der Waals surface area contributed by atoms with Gasteiger partial charge in [-0.1, -0.05) is 0 Å². The first-order valence-corrected chi connectivity index (χ1v) is 9.20. The number of methoxy groups -OCH3 is 2. The molecule has 2 fully saturated rings. The van der Waals surface area contributed by atoms with Crippen molar-refractivity contribution in [3.8, 4) is 11.5 Å². The van der Waals surface area contributed by atoms with Gasteiger partial charge in [0.15, 0.2) is 11.5 Å². The first-order chi connectivity index (χ1) is 12.6. The van der Waals surface area contributed by atoms with Gasteiger partial charge in [0, 0.05) is 36.6 Å². The molecule has 1 aromatic carbocycles. The van der Waals surface area contributed by atoms with Crippen molar-refractivity contribution >= 4 is 22.7 Å². The van der Waals surface area contributed by atoms with Crippen molar-refractivity contribution in [3.63, 3.8) is 0 Å². The van der Waals surface area contributed by atoms with Gasteiger partial charge in [-0.05, 0) is 39.4 Å². The standard InChI is InChI=1S/C19H27N5O2/c1-23(2)13-7-8-24(11-13)19-21-15-10-17(26-4)16(25-3)9-14(15)18(22-19)20-12-5-6-12/h9-10,12-13H,5-8,11H2,1-4H3,(H,20,21,22)/t13-/m0/s1. The molecule has 4 rings (SSSR count). The molecule has 0 amide bonds. The van der Waals surface area contributed by atoms with E-state index in [2.05, 4.69) is 29.2 Å². The van der Waals surface area contributed by atoms with Crippen LogP contribution in [-0.2, 0) is 0 Å². The second-order valence-electron chi connectivity index (χ2n) is 7.37. The van der Waals surface area contributed by atoms with Crippen molar-refractivity contribution in [2.75, 3.05) is 51.6 Å². The summed E-state index contributed by atoms with van der Waals surface area (Å²) in [5.74, 6) is 3.07. The second-order valence-corrected chi connectivity index (χ2v) is 7.37. The molecule has 1 atom stereocenters. The van der Waals surface area contributed by atoms with E-state index >= 15 is 0 Å². The highest BCUT2D eigenvalue weighted by atomic mass is 16.5. The van der Waals surface area contributed by atoms with Gasteiger partial charge < -0.3 is 24.6 Å². The molecular formula is C19H27N5O2.